The van der Waals surface area contributed by atoms with E-state index in [0.29, 0.717) is 23.9 Å². The van der Waals surface area contributed by atoms with E-state index in [1.165, 1.54) is 212 Å². The summed E-state index contributed by atoms with van der Waals surface area (Å²) in [5.74, 6) is -0.487. The van der Waals surface area contributed by atoms with Crippen LogP contribution in [-0.4, -0.2) is 74.3 Å². The number of carbonyl (C=O) groups is 2. The Hall–Kier alpha value is -1.25. The molecule has 410 valence electrons. The van der Waals surface area contributed by atoms with Crippen molar-refractivity contribution < 1.29 is 37.3 Å². The maximum Gasteiger partial charge on any atom is 0.472 e. The number of nitrogens with zero attached hydrogens (tertiary/aromatic N) is 1. The molecule has 0 spiro atoms. The summed E-state index contributed by atoms with van der Waals surface area (Å²) in [4.78, 5) is 37.6. The lowest BCUT2D eigenvalue weighted by molar-refractivity contribution is -0.870. The number of carbonyl (C=O) groups excluding carboxylic acids is 2. The second-order valence-electron chi connectivity index (χ2n) is 21.9. The van der Waals surface area contributed by atoms with Crippen LogP contribution >= 0.6 is 7.82 Å². The van der Waals surface area contributed by atoms with Crippen LogP contribution in [0, 0.1) is 0 Å². The maximum absolute atomic E-state index is 13.5. The van der Waals surface area contributed by atoms with Crippen LogP contribution in [0.1, 0.15) is 303 Å². The van der Waals surface area contributed by atoms with Crippen LogP contribution < -0.4 is 5.32 Å². The first-order valence-electron chi connectivity index (χ1n) is 30.0. The average Bonchev–Trinajstić information content (AvgIpc) is 3.31. The number of quaternary nitrogens is 1. The highest BCUT2D eigenvalue weighted by atomic mass is 31.2. The molecule has 3 unspecified atom stereocenters. The zero-order valence-electron chi connectivity index (χ0n) is 46.8. The number of phosphoric ester groups is 1. The van der Waals surface area contributed by atoms with E-state index in [1.54, 1.807) is 0 Å². The van der Waals surface area contributed by atoms with Gasteiger partial charge in [0.1, 0.15) is 19.3 Å². The molecule has 9 nitrogen and oxygen atoms in total. The van der Waals surface area contributed by atoms with Gasteiger partial charge >= 0.3 is 13.8 Å². The molecule has 69 heavy (non-hydrogen) atoms. The number of rotatable bonds is 55. The summed E-state index contributed by atoms with van der Waals surface area (Å²) in [5, 5.41) is 3.05. The van der Waals surface area contributed by atoms with Crippen LogP contribution in [0.2, 0.25) is 0 Å². The number of amides is 1. The summed E-state index contributed by atoms with van der Waals surface area (Å²) in [7, 11) is 1.52. The number of phosphoric acid groups is 1. The SMILES string of the molecule is CCCCCCCCCCCCC/C=C\C(OC(=O)CCCCCCCCCCCCCCCCCCCCC)C(COP(=O)(O)OCC[N+](C)(C)C)NC(=O)CCCCCCCCCCCCC. The van der Waals surface area contributed by atoms with Gasteiger partial charge in [-0.2, -0.15) is 0 Å². The third-order valence-corrected chi connectivity index (χ3v) is 14.7. The third kappa shape index (κ3) is 51.5. The normalized spacial score (nSPS) is 13.8. The highest BCUT2D eigenvalue weighted by Gasteiger charge is 2.30. The van der Waals surface area contributed by atoms with Gasteiger partial charge in [0.05, 0.1) is 33.8 Å². The van der Waals surface area contributed by atoms with Crippen molar-refractivity contribution >= 4 is 19.7 Å². The highest BCUT2D eigenvalue weighted by Crippen LogP contribution is 2.43. The van der Waals surface area contributed by atoms with Crippen molar-refractivity contribution in [2.45, 2.75) is 315 Å². The second kappa shape index (κ2) is 50.3. The zero-order valence-corrected chi connectivity index (χ0v) is 47.7. The summed E-state index contributed by atoms with van der Waals surface area (Å²) < 4.78 is 30.6. The number of hydrogen-bond acceptors (Lipinski definition) is 6. The second-order valence-corrected chi connectivity index (χ2v) is 23.3. The minimum Gasteiger partial charge on any atom is -0.456 e. The maximum atomic E-state index is 13.5. The van der Waals surface area contributed by atoms with Crippen LogP contribution in [0.4, 0.5) is 0 Å². The molecule has 0 bridgehead atoms. The molecule has 0 saturated carbocycles. The van der Waals surface area contributed by atoms with Crippen LogP contribution in [0.25, 0.3) is 0 Å². The van der Waals surface area contributed by atoms with Gasteiger partial charge in [0.25, 0.3) is 0 Å². The number of unbranched alkanes of at least 4 members (excludes halogenated alkanes) is 39. The summed E-state index contributed by atoms with van der Waals surface area (Å²) in [5.41, 5.74) is 0. The van der Waals surface area contributed by atoms with E-state index >= 15 is 0 Å². The van der Waals surface area contributed by atoms with Crippen molar-refractivity contribution in [1.29, 1.82) is 0 Å². The van der Waals surface area contributed by atoms with E-state index in [2.05, 4.69) is 26.1 Å². The Morgan fingerprint density at radius 3 is 1.19 bits per heavy atom. The molecule has 0 aromatic carbocycles. The number of allylic oxidation sites excluding steroid dienone is 1. The standard InChI is InChI=1S/C59H117N2O7P/c1-7-10-13-16-19-22-25-27-28-29-30-31-32-34-37-40-43-46-49-52-59(63)68-57(50-47-44-41-38-36-33-26-23-20-17-14-11-8-2)56(55-67-69(64,65)66-54-53-61(4,5)6)60-58(62)51-48-45-42-39-35-24-21-18-15-12-9-3/h47,50,56-57H,7-46,48-49,51-55H2,1-6H3,(H-,60,62,64,65)/p+1/b50-47-. The molecule has 0 aromatic rings. The van der Waals surface area contributed by atoms with Gasteiger partial charge in [-0.3, -0.25) is 18.6 Å². The van der Waals surface area contributed by atoms with E-state index in [4.69, 9.17) is 13.8 Å². The van der Waals surface area contributed by atoms with Gasteiger partial charge < -0.3 is 19.4 Å². The fraction of sp³-hybridized carbons (Fsp3) is 0.932. The fourth-order valence-corrected chi connectivity index (χ4v) is 9.80. The molecule has 0 fully saturated rings. The average molecular weight is 999 g/mol. The van der Waals surface area contributed by atoms with Crippen molar-refractivity contribution in [3.05, 3.63) is 12.2 Å². The number of ether oxygens (including phenoxy) is 1. The number of nitrogens with one attached hydrogen (secondary N) is 1. The number of esters is 1. The molecule has 0 heterocycles. The Morgan fingerprint density at radius 2 is 0.826 bits per heavy atom. The Balaban J connectivity index is 5.22. The first-order chi connectivity index (χ1) is 33.4. The first kappa shape index (κ1) is 67.8. The lowest BCUT2D eigenvalue weighted by Crippen LogP contribution is -2.47. The van der Waals surface area contributed by atoms with Gasteiger partial charge in [-0.05, 0) is 31.8 Å². The van der Waals surface area contributed by atoms with Gasteiger partial charge in [0.15, 0.2) is 0 Å². The van der Waals surface area contributed by atoms with Crippen molar-refractivity contribution in [2.75, 3.05) is 40.9 Å². The predicted molar refractivity (Wildman–Crippen MR) is 296 cm³/mol. The molecule has 0 aliphatic rings. The van der Waals surface area contributed by atoms with E-state index < -0.39 is 20.0 Å². The smallest absolute Gasteiger partial charge is 0.456 e. The lowest BCUT2D eigenvalue weighted by atomic mass is 10.0. The van der Waals surface area contributed by atoms with E-state index in [9.17, 15) is 19.0 Å². The Morgan fingerprint density at radius 1 is 0.493 bits per heavy atom. The zero-order chi connectivity index (χ0) is 50.8. The third-order valence-electron chi connectivity index (χ3n) is 13.7. The summed E-state index contributed by atoms with van der Waals surface area (Å²) >= 11 is 0. The van der Waals surface area contributed by atoms with Crippen LogP contribution in [0.3, 0.4) is 0 Å². The molecule has 0 saturated heterocycles. The van der Waals surface area contributed by atoms with E-state index in [0.717, 1.165) is 57.8 Å². The first-order valence-corrected chi connectivity index (χ1v) is 31.5. The molecule has 0 aromatic heterocycles. The van der Waals surface area contributed by atoms with Crippen molar-refractivity contribution in [2.24, 2.45) is 0 Å². The van der Waals surface area contributed by atoms with E-state index in [-0.39, 0.29) is 25.1 Å². The molecule has 10 heteroatoms. The molecule has 0 aliphatic heterocycles. The Bertz CT molecular complexity index is 1190. The quantitative estimate of drug-likeness (QED) is 0.0205. The lowest BCUT2D eigenvalue weighted by Gasteiger charge is -2.27. The molecular weight excluding hydrogens is 880 g/mol. The van der Waals surface area contributed by atoms with Crippen molar-refractivity contribution in [1.82, 2.24) is 5.32 Å². The largest absolute Gasteiger partial charge is 0.472 e. The monoisotopic (exact) mass is 998 g/mol. The summed E-state index contributed by atoms with van der Waals surface area (Å²) in [6.07, 6.45) is 56.3. The summed E-state index contributed by atoms with van der Waals surface area (Å²) in [6.45, 7) is 7.05. The minimum absolute atomic E-state index is 0.0455. The Kier molecular flexibility index (Phi) is 49.4. The molecule has 1 amide bonds. The Labute approximate surface area is 429 Å². The molecule has 2 N–H and O–H groups in total. The van der Waals surface area contributed by atoms with Crippen LogP contribution in [0.15, 0.2) is 12.2 Å². The van der Waals surface area contributed by atoms with Crippen molar-refractivity contribution in [3.8, 4) is 0 Å². The molecular formula is C59H118N2O7P+. The molecule has 0 rings (SSSR count). The minimum atomic E-state index is -4.43. The topological polar surface area (TPSA) is 111 Å². The molecule has 3 atom stereocenters. The fourth-order valence-electron chi connectivity index (χ4n) is 9.06. The van der Waals surface area contributed by atoms with Gasteiger partial charge in [0, 0.05) is 12.8 Å². The van der Waals surface area contributed by atoms with Gasteiger partial charge in [0.2, 0.25) is 5.91 Å². The van der Waals surface area contributed by atoms with E-state index in [1.807, 2.05) is 33.3 Å². The van der Waals surface area contributed by atoms with Crippen LogP contribution in [0.5, 0.6) is 0 Å². The summed E-state index contributed by atoms with van der Waals surface area (Å²) in [6, 6.07) is -0.838. The van der Waals surface area contributed by atoms with Crippen molar-refractivity contribution in [3.63, 3.8) is 0 Å². The molecule has 0 radical (unpaired) electrons. The van der Waals surface area contributed by atoms with Gasteiger partial charge in [-0.25, -0.2) is 4.57 Å². The molecule has 0 aliphatic carbocycles. The number of hydrogen-bond donors (Lipinski definition) is 2. The van der Waals surface area contributed by atoms with Gasteiger partial charge in [-0.15, -0.1) is 0 Å². The van der Waals surface area contributed by atoms with Gasteiger partial charge in [-0.1, -0.05) is 271 Å². The number of likely N-dealkylation sites (N-methyl/N-ethyl adjacent to an activating group) is 1. The highest BCUT2D eigenvalue weighted by molar-refractivity contribution is 7.47. The van der Waals surface area contributed by atoms with Crippen LogP contribution in [-0.2, 0) is 27.9 Å². The predicted octanol–water partition coefficient (Wildman–Crippen LogP) is 18.0.